The van der Waals surface area contributed by atoms with Crippen LogP contribution in [0, 0.1) is 0 Å². The van der Waals surface area contributed by atoms with Gasteiger partial charge in [0.1, 0.15) is 19.0 Å². The third-order valence-electron chi connectivity index (χ3n) is 4.32. The van der Waals surface area contributed by atoms with Crippen LogP contribution in [0.5, 0.6) is 5.88 Å². The van der Waals surface area contributed by atoms with Crippen molar-refractivity contribution in [1.29, 1.82) is 0 Å². The average Bonchev–Trinajstić information content (AvgIpc) is 2.83. The SMILES string of the molecule is CCCCOc1cc(NC(=O)OCc2ccccc2)nc(NC(=O)OCc2ccccc2)n1. The average molecular weight is 450 g/mol. The predicted molar refractivity (Wildman–Crippen MR) is 123 cm³/mol. The van der Waals surface area contributed by atoms with Gasteiger partial charge in [0.15, 0.2) is 0 Å². The molecule has 0 saturated carbocycles. The Hall–Kier alpha value is -4.14. The summed E-state index contributed by atoms with van der Waals surface area (Å²) in [5.74, 6) is 0.253. The second-order valence-electron chi connectivity index (χ2n) is 6.99. The monoisotopic (exact) mass is 450 g/mol. The highest BCUT2D eigenvalue weighted by Crippen LogP contribution is 2.18. The number of aromatic nitrogens is 2. The molecular formula is C24H26N4O5. The molecule has 1 aromatic heterocycles. The van der Waals surface area contributed by atoms with Crippen LogP contribution in [0.1, 0.15) is 30.9 Å². The molecule has 3 aromatic rings. The Labute approximate surface area is 192 Å². The van der Waals surface area contributed by atoms with Gasteiger partial charge < -0.3 is 14.2 Å². The van der Waals surface area contributed by atoms with Gasteiger partial charge in [0.25, 0.3) is 0 Å². The first-order chi connectivity index (χ1) is 16.1. The van der Waals surface area contributed by atoms with Crippen molar-refractivity contribution < 1.29 is 23.8 Å². The molecule has 33 heavy (non-hydrogen) atoms. The summed E-state index contributed by atoms with van der Waals surface area (Å²) in [7, 11) is 0. The van der Waals surface area contributed by atoms with E-state index < -0.39 is 12.2 Å². The molecule has 0 spiro atoms. The van der Waals surface area contributed by atoms with Gasteiger partial charge in [-0.2, -0.15) is 9.97 Å². The lowest BCUT2D eigenvalue weighted by molar-refractivity contribution is 0.154. The van der Waals surface area contributed by atoms with Crippen LogP contribution in [0.2, 0.25) is 0 Å². The summed E-state index contributed by atoms with van der Waals surface area (Å²) in [6, 6.07) is 20.0. The number of unbranched alkanes of at least 4 members (excludes halogenated alkanes) is 1. The maximum atomic E-state index is 12.2. The summed E-state index contributed by atoms with van der Waals surface area (Å²) in [6.45, 7) is 2.67. The predicted octanol–water partition coefficient (Wildman–Crippen LogP) is 5.15. The van der Waals surface area contributed by atoms with Crippen LogP contribution < -0.4 is 15.4 Å². The summed E-state index contributed by atoms with van der Waals surface area (Å²) in [5.41, 5.74) is 1.69. The van der Waals surface area contributed by atoms with Crippen molar-refractivity contribution in [1.82, 2.24) is 9.97 Å². The van der Waals surface area contributed by atoms with E-state index in [-0.39, 0.29) is 30.9 Å². The van der Waals surface area contributed by atoms with Gasteiger partial charge >= 0.3 is 12.2 Å². The van der Waals surface area contributed by atoms with E-state index in [9.17, 15) is 9.59 Å². The van der Waals surface area contributed by atoms with Crippen molar-refractivity contribution in [3.8, 4) is 5.88 Å². The summed E-state index contributed by atoms with van der Waals surface area (Å²) in [6.07, 6.45) is 0.337. The van der Waals surface area contributed by atoms with E-state index in [4.69, 9.17) is 14.2 Å². The molecule has 0 atom stereocenters. The van der Waals surface area contributed by atoms with Crippen molar-refractivity contribution >= 4 is 24.0 Å². The number of anilines is 2. The van der Waals surface area contributed by atoms with Gasteiger partial charge in [-0.25, -0.2) is 9.59 Å². The van der Waals surface area contributed by atoms with E-state index in [0.29, 0.717) is 6.61 Å². The third kappa shape index (κ3) is 8.48. The fourth-order valence-corrected chi connectivity index (χ4v) is 2.65. The highest BCUT2D eigenvalue weighted by Gasteiger charge is 2.13. The molecule has 0 unspecified atom stereocenters. The van der Waals surface area contributed by atoms with Crippen LogP contribution >= 0.6 is 0 Å². The smallest absolute Gasteiger partial charge is 0.414 e. The third-order valence-corrected chi connectivity index (χ3v) is 4.32. The van der Waals surface area contributed by atoms with Crippen molar-refractivity contribution in [3.63, 3.8) is 0 Å². The summed E-state index contributed by atoms with van der Waals surface area (Å²) < 4.78 is 16.0. The second-order valence-corrected chi connectivity index (χ2v) is 6.99. The Morgan fingerprint density at radius 3 is 1.97 bits per heavy atom. The Morgan fingerprint density at radius 1 is 0.818 bits per heavy atom. The lowest BCUT2D eigenvalue weighted by Gasteiger charge is -2.11. The van der Waals surface area contributed by atoms with E-state index in [1.165, 1.54) is 6.07 Å². The van der Waals surface area contributed by atoms with E-state index in [0.717, 1.165) is 24.0 Å². The summed E-state index contributed by atoms with van der Waals surface area (Å²) in [5, 5.41) is 4.99. The van der Waals surface area contributed by atoms with Crippen molar-refractivity contribution in [2.45, 2.75) is 33.0 Å². The highest BCUT2D eigenvalue weighted by molar-refractivity contribution is 5.85. The molecule has 0 fully saturated rings. The zero-order chi connectivity index (χ0) is 23.3. The molecule has 9 nitrogen and oxygen atoms in total. The molecule has 3 rings (SSSR count). The first kappa shape index (κ1) is 23.5. The number of amides is 2. The number of nitrogens with one attached hydrogen (secondary N) is 2. The quantitative estimate of drug-likeness (QED) is 0.411. The molecule has 9 heteroatoms. The second kappa shape index (κ2) is 12.7. The standard InChI is InChI=1S/C24H26N4O5/c1-2-3-14-31-21-15-20(26-23(29)32-16-18-10-6-4-7-11-18)25-22(27-21)28-24(30)33-17-19-12-8-5-9-13-19/h4-13,15H,2-3,14,16-17H2,1H3,(H2,25,26,27,28,29,30). The largest absolute Gasteiger partial charge is 0.477 e. The molecule has 172 valence electrons. The van der Waals surface area contributed by atoms with Crippen molar-refractivity contribution in [2.24, 2.45) is 0 Å². The first-order valence-corrected chi connectivity index (χ1v) is 10.6. The minimum absolute atomic E-state index is 0.0691. The number of carbonyl (C=O) groups is 2. The van der Waals surface area contributed by atoms with Gasteiger partial charge in [-0.05, 0) is 17.5 Å². The molecule has 0 saturated heterocycles. The Bertz CT molecular complexity index is 956. The molecule has 2 aromatic carbocycles. The number of benzene rings is 2. The number of nitrogens with zero attached hydrogens (tertiary/aromatic N) is 2. The van der Waals surface area contributed by atoms with Gasteiger partial charge in [-0.1, -0.05) is 74.0 Å². The summed E-state index contributed by atoms with van der Waals surface area (Å²) in [4.78, 5) is 32.7. The van der Waals surface area contributed by atoms with Crippen LogP contribution in [0.15, 0.2) is 66.7 Å². The molecule has 1 heterocycles. The van der Waals surface area contributed by atoms with Crippen molar-refractivity contribution in [2.75, 3.05) is 17.2 Å². The van der Waals surface area contributed by atoms with Gasteiger partial charge in [-0.15, -0.1) is 0 Å². The van der Waals surface area contributed by atoms with Gasteiger partial charge in [-0.3, -0.25) is 10.6 Å². The Morgan fingerprint density at radius 2 is 1.39 bits per heavy atom. The molecular weight excluding hydrogens is 424 g/mol. The lowest BCUT2D eigenvalue weighted by Crippen LogP contribution is -2.18. The number of carbonyl (C=O) groups excluding carboxylic acids is 2. The van der Waals surface area contributed by atoms with Crippen LogP contribution in [0.3, 0.4) is 0 Å². The minimum Gasteiger partial charge on any atom is -0.477 e. The van der Waals surface area contributed by atoms with Crippen LogP contribution in [-0.4, -0.2) is 28.8 Å². The number of ether oxygens (including phenoxy) is 3. The van der Waals surface area contributed by atoms with Gasteiger partial charge in [0.2, 0.25) is 11.8 Å². The molecule has 2 N–H and O–H groups in total. The fraction of sp³-hybridized carbons (Fsp3) is 0.250. The van der Waals surface area contributed by atoms with Crippen LogP contribution in [0.4, 0.5) is 21.4 Å². The molecule has 0 aliphatic heterocycles. The molecule has 0 aliphatic rings. The molecule has 0 radical (unpaired) electrons. The Kier molecular flexibility index (Phi) is 9.02. The molecule has 2 amide bonds. The topological polar surface area (TPSA) is 112 Å². The van der Waals surface area contributed by atoms with Gasteiger partial charge in [0.05, 0.1) is 6.61 Å². The van der Waals surface area contributed by atoms with E-state index in [1.54, 1.807) is 0 Å². The van der Waals surface area contributed by atoms with Crippen LogP contribution in [-0.2, 0) is 22.7 Å². The number of hydrogen-bond donors (Lipinski definition) is 2. The summed E-state index contributed by atoms with van der Waals surface area (Å²) >= 11 is 0. The van der Waals surface area contributed by atoms with Gasteiger partial charge in [0, 0.05) is 6.07 Å². The zero-order valence-corrected chi connectivity index (χ0v) is 18.3. The zero-order valence-electron chi connectivity index (χ0n) is 18.3. The maximum Gasteiger partial charge on any atom is 0.414 e. The molecule has 0 bridgehead atoms. The number of rotatable bonds is 10. The fourth-order valence-electron chi connectivity index (χ4n) is 2.65. The Balaban J connectivity index is 1.62. The van der Waals surface area contributed by atoms with E-state index in [2.05, 4.69) is 20.6 Å². The van der Waals surface area contributed by atoms with E-state index in [1.807, 2.05) is 67.6 Å². The first-order valence-electron chi connectivity index (χ1n) is 10.6. The van der Waals surface area contributed by atoms with E-state index >= 15 is 0 Å². The number of hydrogen-bond acceptors (Lipinski definition) is 7. The van der Waals surface area contributed by atoms with Crippen molar-refractivity contribution in [3.05, 3.63) is 77.9 Å². The maximum absolute atomic E-state index is 12.2. The highest BCUT2D eigenvalue weighted by atomic mass is 16.6. The lowest BCUT2D eigenvalue weighted by atomic mass is 10.2. The minimum atomic E-state index is -0.734. The molecule has 0 aliphatic carbocycles. The normalized spacial score (nSPS) is 10.2. The van der Waals surface area contributed by atoms with Crippen LogP contribution in [0.25, 0.3) is 0 Å².